The smallest absolute Gasteiger partial charge is 0.303 e. The number of nitrogens with zero attached hydrogens (tertiary/aromatic N) is 2. The van der Waals surface area contributed by atoms with Crippen molar-refractivity contribution in [3.63, 3.8) is 0 Å². The number of amidine groups is 1. The van der Waals surface area contributed by atoms with Gasteiger partial charge in [0.2, 0.25) is 0 Å². The number of thioether (sulfide) groups is 1. The number of rotatable bonds is 6. The molecule has 1 rings (SSSR count). The molecule has 7 nitrogen and oxygen atoms in total. The summed E-state index contributed by atoms with van der Waals surface area (Å²) in [6, 6.07) is 1.78. The molecule has 0 saturated heterocycles. The molecule has 0 unspecified atom stereocenters. The summed E-state index contributed by atoms with van der Waals surface area (Å²) in [5.41, 5.74) is -0.0643. The Bertz CT molecular complexity index is 453. The Morgan fingerprint density at radius 2 is 2.37 bits per heavy atom. The number of hydrogen-bond acceptors (Lipinski definition) is 6. The van der Waals surface area contributed by atoms with Crippen LogP contribution in [0, 0.1) is 11.3 Å². The van der Waals surface area contributed by atoms with Crippen LogP contribution in [0.1, 0.15) is 12.8 Å². The highest BCUT2D eigenvalue weighted by molar-refractivity contribution is 8.14. The van der Waals surface area contributed by atoms with E-state index in [4.69, 9.17) is 10.4 Å². The van der Waals surface area contributed by atoms with Crippen LogP contribution in [-0.2, 0) is 9.59 Å². The Hall–Kier alpha value is -2.01. The Morgan fingerprint density at radius 1 is 1.58 bits per heavy atom. The number of aliphatic carboxylic acids is 1. The Balaban J connectivity index is 2.36. The highest BCUT2D eigenvalue weighted by Crippen LogP contribution is 2.08. The molecule has 1 aliphatic rings. The Morgan fingerprint density at radius 3 is 2.95 bits per heavy atom. The van der Waals surface area contributed by atoms with Gasteiger partial charge in [-0.15, -0.1) is 0 Å². The number of carbonyl (C=O) groups excluding carboxylic acids is 1. The van der Waals surface area contributed by atoms with E-state index in [0.29, 0.717) is 11.6 Å². The van der Waals surface area contributed by atoms with Crippen LogP contribution in [0.5, 0.6) is 0 Å². The number of carboxylic acids is 1. The van der Waals surface area contributed by atoms with Gasteiger partial charge in [-0.1, -0.05) is 11.8 Å². The molecule has 0 aromatic rings. The molecule has 1 heterocycles. The maximum absolute atomic E-state index is 11.6. The molecule has 19 heavy (non-hydrogen) atoms. The van der Waals surface area contributed by atoms with Crippen molar-refractivity contribution in [2.75, 3.05) is 18.8 Å². The first-order valence-electron chi connectivity index (χ1n) is 5.67. The van der Waals surface area contributed by atoms with E-state index in [-0.39, 0.29) is 18.5 Å². The van der Waals surface area contributed by atoms with E-state index in [1.165, 1.54) is 18.0 Å². The topological polar surface area (TPSA) is 115 Å². The average Bonchev–Trinajstić information content (AvgIpc) is 2.88. The van der Waals surface area contributed by atoms with Gasteiger partial charge in [0.1, 0.15) is 11.6 Å². The zero-order valence-electron chi connectivity index (χ0n) is 10.2. The molecule has 102 valence electrons. The minimum absolute atomic E-state index is 0.0163. The maximum atomic E-state index is 11.6. The van der Waals surface area contributed by atoms with Crippen molar-refractivity contribution < 1.29 is 14.7 Å². The molecule has 0 aromatic heterocycles. The van der Waals surface area contributed by atoms with E-state index in [2.05, 4.69) is 15.6 Å². The van der Waals surface area contributed by atoms with Gasteiger partial charge >= 0.3 is 5.97 Å². The van der Waals surface area contributed by atoms with E-state index in [1.807, 2.05) is 0 Å². The van der Waals surface area contributed by atoms with Crippen LogP contribution in [0.25, 0.3) is 0 Å². The van der Waals surface area contributed by atoms with Gasteiger partial charge in [-0.3, -0.25) is 14.6 Å². The fraction of sp³-hybridized carbons (Fsp3) is 0.455. The zero-order valence-corrected chi connectivity index (χ0v) is 11.0. The lowest BCUT2D eigenvalue weighted by Crippen LogP contribution is -2.27. The number of aliphatic imine (C=N–C) groups is 1. The maximum Gasteiger partial charge on any atom is 0.303 e. The fourth-order valence-electron chi connectivity index (χ4n) is 1.24. The van der Waals surface area contributed by atoms with Crippen LogP contribution in [0.4, 0.5) is 0 Å². The van der Waals surface area contributed by atoms with E-state index in [0.717, 1.165) is 12.3 Å². The van der Waals surface area contributed by atoms with Crippen LogP contribution in [-0.4, -0.2) is 41.0 Å². The quantitative estimate of drug-likeness (QED) is 0.361. The first-order valence-corrected chi connectivity index (χ1v) is 6.66. The van der Waals surface area contributed by atoms with E-state index in [1.54, 1.807) is 6.07 Å². The lowest BCUT2D eigenvalue weighted by molar-refractivity contribution is -0.137. The van der Waals surface area contributed by atoms with Crippen molar-refractivity contribution in [3.8, 4) is 6.07 Å². The minimum atomic E-state index is -0.914. The summed E-state index contributed by atoms with van der Waals surface area (Å²) in [5, 5.41) is 23.3. The third-order valence-electron chi connectivity index (χ3n) is 2.14. The highest BCUT2D eigenvalue weighted by atomic mass is 32.2. The van der Waals surface area contributed by atoms with Gasteiger partial charge in [-0.2, -0.15) is 5.26 Å². The number of nitriles is 1. The molecule has 1 amide bonds. The summed E-state index contributed by atoms with van der Waals surface area (Å²) in [6.45, 7) is 0.948. The van der Waals surface area contributed by atoms with Gasteiger partial charge < -0.3 is 15.7 Å². The molecular weight excluding hydrogens is 268 g/mol. The van der Waals surface area contributed by atoms with Gasteiger partial charge in [0.15, 0.2) is 5.17 Å². The van der Waals surface area contributed by atoms with Crippen molar-refractivity contribution >= 4 is 28.8 Å². The third kappa shape index (κ3) is 5.92. The van der Waals surface area contributed by atoms with Crippen molar-refractivity contribution in [1.82, 2.24) is 10.6 Å². The molecular formula is C11H14N4O3S. The predicted molar refractivity (Wildman–Crippen MR) is 71.5 cm³/mol. The lowest BCUT2D eigenvalue weighted by Gasteiger charge is -2.03. The molecule has 1 aliphatic heterocycles. The van der Waals surface area contributed by atoms with Crippen LogP contribution >= 0.6 is 11.8 Å². The van der Waals surface area contributed by atoms with E-state index >= 15 is 0 Å². The van der Waals surface area contributed by atoms with Crippen molar-refractivity contribution in [1.29, 1.82) is 5.26 Å². The second-order valence-corrected chi connectivity index (χ2v) is 4.69. The number of hydrogen-bond donors (Lipinski definition) is 3. The summed E-state index contributed by atoms with van der Waals surface area (Å²) in [7, 11) is 0. The van der Waals surface area contributed by atoms with Crippen molar-refractivity contribution in [3.05, 3.63) is 11.8 Å². The van der Waals surface area contributed by atoms with Crippen LogP contribution in [0.3, 0.4) is 0 Å². The molecule has 0 aromatic carbocycles. The molecule has 0 saturated carbocycles. The van der Waals surface area contributed by atoms with Crippen LogP contribution in [0.2, 0.25) is 0 Å². The third-order valence-corrected chi connectivity index (χ3v) is 3.05. The van der Waals surface area contributed by atoms with Gasteiger partial charge in [0.05, 0.1) is 6.54 Å². The summed E-state index contributed by atoms with van der Waals surface area (Å²) in [4.78, 5) is 26.0. The van der Waals surface area contributed by atoms with Gasteiger partial charge in [-0.05, 0) is 6.42 Å². The van der Waals surface area contributed by atoms with Crippen LogP contribution < -0.4 is 10.6 Å². The fourth-order valence-corrected chi connectivity index (χ4v) is 1.94. The SMILES string of the molecule is N#C/C(=C/NC1=NCCS1)C(=O)NCCCC(=O)O. The highest BCUT2D eigenvalue weighted by Gasteiger charge is 2.10. The standard InChI is InChI=1S/C11H14N4O3S/c12-6-8(7-15-11-14-4-5-19-11)10(18)13-3-1-2-9(16)17/h7H,1-5H2,(H,13,18)(H,14,15)(H,16,17)/b8-7-. The Kier molecular flexibility index (Phi) is 6.46. The molecule has 0 aliphatic carbocycles. The van der Waals surface area contributed by atoms with Gasteiger partial charge in [0, 0.05) is 24.9 Å². The zero-order chi connectivity index (χ0) is 14.1. The van der Waals surface area contributed by atoms with E-state index < -0.39 is 11.9 Å². The number of amides is 1. The van der Waals surface area contributed by atoms with Crippen molar-refractivity contribution in [2.24, 2.45) is 4.99 Å². The minimum Gasteiger partial charge on any atom is -0.481 e. The number of nitrogens with one attached hydrogen (secondary N) is 2. The second kappa shape index (κ2) is 8.16. The molecule has 0 fully saturated rings. The van der Waals surface area contributed by atoms with Gasteiger partial charge in [-0.25, -0.2) is 0 Å². The van der Waals surface area contributed by atoms with E-state index in [9.17, 15) is 9.59 Å². The molecule has 0 radical (unpaired) electrons. The first kappa shape index (κ1) is 15.0. The molecule has 0 atom stereocenters. The summed E-state index contributed by atoms with van der Waals surface area (Å²) < 4.78 is 0. The lowest BCUT2D eigenvalue weighted by atomic mass is 10.2. The predicted octanol–water partition coefficient (Wildman–Crippen LogP) is 0.0673. The average molecular weight is 282 g/mol. The number of carbonyl (C=O) groups is 2. The Labute approximate surface area is 114 Å². The summed E-state index contributed by atoms with van der Waals surface area (Å²) in [5.74, 6) is -0.549. The number of carboxylic acid groups (broad SMARTS) is 1. The molecule has 0 spiro atoms. The monoisotopic (exact) mass is 282 g/mol. The first-order chi connectivity index (χ1) is 9.13. The summed E-state index contributed by atoms with van der Waals surface area (Å²) >= 11 is 1.52. The summed E-state index contributed by atoms with van der Waals surface area (Å²) in [6.07, 6.45) is 1.62. The molecule has 3 N–H and O–H groups in total. The molecule has 8 heteroatoms. The largest absolute Gasteiger partial charge is 0.481 e. The normalized spacial score (nSPS) is 14.5. The van der Waals surface area contributed by atoms with Gasteiger partial charge in [0.25, 0.3) is 5.91 Å². The second-order valence-electron chi connectivity index (χ2n) is 3.60. The van der Waals surface area contributed by atoms with Crippen molar-refractivity contribution in [2.45, 2.75) is 12.8 Å². The van der Waals surface area contributed by atoms with Crippen LogP contribution in [0.15, 0.2) is 16.8 Å². The molecule has 0 bridgehead atoms.